The van der Waals surface area contributed by atoms with Crippen molar-refractivity contribution in [2.75, 3.05) is 6.61 Å². The van der Waals surface area contributed by atoms with E-state index in [1.807, 2.05) is 0 Å². The normalized spacial score (nSPS) is 11.1. The van der Waals surface area contributed by atoms with Gasteiger partial charge in [-0.2, -0.15) is 0 Å². The molecule has 0 atom stereocenters. The SMILES string of the molecule is CCCCO[SiH2]I. The molecule has 0 rings (SSSR count). The quantitative estimate of drug-likeness (QED) is 0.305. The summed E-state index contributed by atoms with van der Waals surface area (Å²) < 4.78 is 5.20. The average molecular weight is 230 g/mol. The molecule has 0 heterocycles. The van der Waals surface area contributed by atoms with Crippen molar-refractivity contribution >= 4 is 29.1 Å². The lowest BCUT2D eigenvalue weighted by molar-refractivity contribution is 0.338. The lowest BCUT2D eigenvalue weighted by Gasteiger charge is -1.93. The van der Waals surface area contributed by atoms with E-state index < -0.39 is 0 Å². The zero-order chi connectivity index (χ0) is 5.54. The van der Waals surface area contributed by atoms with Crippen LogP contribution >= 0.6 is 21.8 Å². The van der Waals surface area contributed by atoms with E-state index in [0.717, 1.165) is 6.61 Å². The van der Waals surface area contributed by atoms with E-state index in [1.165, 1.54) is 12.8 Å². The molecule has 0 radical (unpaired) electrons. The van der Waals surface area contributed by atoms with Gasteiger partial charge < -0.3 is 4.43 Å². The van der Waals surface area contributed by atoms with Crippen LogP contribution in [-0.4, -0.2) is 13.9 Å². The Hall–Kier alpha value is 0.907. The van der Waals surface area contributed by atoms with E-state index in [4.69, 9.17) is 4.43 Å². The minimum Gasteiger partial charge on any atom is -0.413 e. The van der Waals surface area contributed by atoms with Gasteiger partial charge in [0.15, 0.2) is 0 Å². The predicted molar refractivity (Wildman–Crippen MR) is 43.4 cm³/mol. The van der Waals surface area contributed by atoms with Gasteiger partial charge in [-0.3, -0.25) is 0 Å². The van der Waals surface area contributed by atoms with Gasteiger partial charge in [-0.1, -0.05) is 35.1 Å². The van der Waals surface area contributed by atoms with Crippen LogP contribution < -0.4 is 0 Å². The number of unbranched alkanes of at least 4 members (excludes halogenated alkanes) is 1. The molecular weight excluding hydrogens is 219 g/mol. The molecule has 0 aliphatic carbocycles. The molecule has 0 saturated heterocycles. The first-order valence-corrected chi connectivity index (χ1v) is 8.24. The van der Waals surface area contributed by atoms with Gasteiger partial charge in [0.05, 0.1) is 0 Å². The first-order chi connectivity index (χ1) is 3.41. The van der Waals surface area contributed by atoms with Crippen LogP contribution in [-0.2, 0) is 4.43 Å². The van der Waals surface area contributed by atoms with Crippen LogP contribution in [0.1, 0.15) is 19.8 Å². The zero-order valence-electron chi connectivity index (χ0n) is 4.61. The molecule has 0 aromatic carbocycles. The van der Waals surface area contributed by atoms with Crippen molar-refractivity contribution < 1.29 is 4.43 Å². The summed E-state index contributed by atoms with van der Waals surface area (Å²) in [6, 6.07) is 0. The van der Waals surface area contributed by atoms with Gasteiger partial charge in [0, 0.05) is 6.61 Å². The monoisotopic (exact) mass is 230 g/mol. The number of hydrogen-bond donors (Lipinski definition) is 0. The topological polar surface area (TPSA) is 9.23 Å². The molecule has 0 aliphatic heterocycles. The molecule has 3 heteroatoms. The van der Waals surface area contributed by atoms with Crippen molar-refractivity contribution in [3.05, 3.63) is 0 Å². The summed E-state index contributed by atoms with van der Waals surface area (Å²) in [5.41, 5.74) is 0. The van der Waals surface area contributed by atoms with Gasteiger partial charge in [0.1, 0.15) is 0 Å². The van der Waals surface area contributed by atoms with Crippen LogP contribution in [0.5, 0.6) is 0 Å². The third-order valence-electron chi connectivity index (χ3n) is 0.719. The van der Waals surface area contributed by atoms with Crippen LogP contribution in [0.4, 0.5) is 0 Å². The Labute approximate surface area is 60.0 Å². The van der Waals surface area contributed by atoms with Crippen molar-refractivity contribution in [3.8, 4) is 0 Å². The van der Waals surface area contributed by atoms with E-state index in [9.17, 15) is 0 Å². The molecule has 0 aromatic heterocycles. The largest absolute Gasteiger partial charge is 0.413 e. The maximum atomic E-state index is 5.20. The van der Waals surface area contributed by atoms with E-state index in [1.54, 1.807) is 0 Å². The summed E-state index contributed by atoms with van der Waals surface area (Å²) in [6.07, 6.45) is 2.49. The average Bonchev–Trinajstić information content (AvgIpc) is 1.69. The minimum atomic E-state index is -0.136. The molecular formula is C4H11IOSi. The molecule has 0 aromatic rings. The van der Waals surface area contributed by atoms with E-state index in [0.29, 0.717) is 0 Å². The molecule has 1 nitrogen and oxygen atoms in total. The summed E-state index contributed by atoms with van der Waals surface area (Å²) in [5.74, 6) is 0. The highest BCUT2D eigenvalue weighted by atomic mass is 127. The smallest absolute Gasteiger partial charge is 0.227 e. The van der Waals surface area contributed by atoms with Gasteiger partial charge in [-0.15, -0.1) is 0 Å². The summed E-state index contributed by atoms with van der Waals surface area (Å²) in [5, 5.41) is 0. The summed E-state index contributed by atoms with van der Waals surface area (Å²) in [7, 11) is -0.136. The van der Waals surface area contributed by atoms with Crippen LogP contribution in [0.25, 0.3) is 0 Å². The van der Waals surface area contributed by atoms with Crippen molar-refractivity contribution in [1.82, 2.24) is 0 Å². The maximum Gasteiger partial charge on any atom is 0.227 e. The Morgan fingerprint density at radius 3 is 2.86 bits per heavy atom. The summed E-state index contributed by atoms with van der Waals surface area (Å²) in [6.45, 7) is 3.17. The van der Waals surface area contributed by atoms with Crippen LogP contribution in [0.15, 0.2) is 0 Å². The zero-order valence-corrected chi connectivity index (χ0v) is 8.19. The van der Waals surface area contributed by atoms with Gasteiger partial charge in [0.2, 0.25) is 7.26 Å². The lowest BCUT2D eigenvalue weighted by Crippen LogP contribution is -1.91. The number of rotatable bonds is 4. The fourth-order valence-electron chi connectivity index (χ4n) is 0.301. The van der Waals surface area contributed by atoms with Gasteiger partial charge in [-0.05, 0) is 6.42 Å². The molecule has 0 aliphatic rings. The van der Waals surface area contributed by atoms with Crippen molar-refractivity contribution in [3.63, 3.8) is 0 Å². The third kappa shape index (κ3) is 6.91. The Kier molecular flexibility index (Phi) is 7.80. The Bertz CT molecular complexity index is 30.9. The second kappa shape index (κ2) is 6.91. The fraction of sp³-hybridized carbons (Fsp3) is 1.00. The number of halogens is 1. The molecule has 0 unspecified atom stereocenters. The van der Waals surface area contributed by atoms with Gasteiger partial charge in [0.25, 0.3) is 0 Å². The molecule has 0 saturated carbocycles. The highest BCUT2D eigenvalue weighted by molar-refractivity contribution is 14.1. The molecule has 0 bridgehead atoms. The van der Waals surface area contributed by atoms with E-state index in [2.05, 4.69) is 28.7 Å². The van der Waals surface area contributed by atoms with Crippen LogP contribution in [0, 0.1) is 0 Å². The summed E-state index contributed by atoms with van der Waals surface area (Å²) >= 11 is 2.34. The molecule has 44 valence electrons. The van der Waals surface area contributed by atoms with Gasteiger partial charge in [-0.25, -0.2) is 0 Å². The second-order valence-electron chi connectivity index (χ2n) is 1.37. The summed E-state index contributed by atoms with van der Waals surface area (Å²) in [4.78, 5) is 0. The molecule has 0 fully saturated rings. The molecule has 7 heavy (non-hydrogen) atoms. The molecule has 0 amide bonds. The maximum absolute atomic E-state index is 5.20. The first-order valence-electron chi connectivity index (χ1n) is 2.55. The van der Waals surface area contributed by atoms with Crippen molar-refractivity contribution in [2.45, 2.75) is 19.8 Å². The van der Waals surface area contributed by atoms with E-state index in [-0.39, 0.29) is 7.26 Å². The van der Waals surface area contributed by atoms with Crippen LogP contribution in [0.2, 0.25) is 0 Å². The Balaban J connectivity index is 2.45. The van der Waals surface area contributed by atoms with Crippen molar-refractivity contribution in [2.24, 2.45) is 0 Å². The van der Waals surface area contributed by atoms with Crippen molar-refractivity contribution in [1.29, 1.82) is 0 Å². The Morgan fingerprint density at radius 1 is 1.71 bits per heavy atom. The Morgan fingerprint density at radius 2 is 2.43 bits per heavy atom. The third-order valence-corrected chi connectivity index (χ3v) is 2.48. The standard InChI is InChI=1S/C4H11IOSi/c1-2-3-4-6-7-5/h2-4,7H2,1H3. The molecule has 0 N–H and O–H groups in total. The van der Waals surface area contributed by atoms with Gasteiger partial charge >= 0.3 is 0 Å². The fourth-order valence-corrected chi connectivity index (χ4v) is 1.55. The first kappa shape index (κ1) is 7.91. The molecule has 0 spiro atoms. The second-order valence-corrected chi connectivity index (χ2v) is 3.87. The highest BCUT2D eigenvalue weighted by Crippen LogP contribution is 1.87. The van der Waals surface area contributed by atoms with E-state index >= 15 is 0 Å². The van der Waals surface area contributed by atoms with Crippen LogP contribution in [0.3, 0.4) is 0 Å². The lowest BCUT2D eigenvalue weighted by atomic mass is 10.4. The number of hydrogen-bond acceptors (Lipinski definition) is 1. The predicted octanol–water partition coefficient (Wildman–Crippen LogP) is 1.24. The highest BCUT2D eigenvalue weighted by Gasteiger charge is 1.79. The minimum absolute atomic E-state index is 0.136.